The second-order valence-electron chi connectivity index (χ2n) is 20.1. The second-order valence-corrected chi connectivity index (χ2v) is 20.1. The third-order valence-electron chi connectivity index (χ3n) is 16.2. The molecule has 0 radical (unpaired) electrons. The van der Waals surface area contributed by atoms with Gasteiger partial charge in [0, 0.05) is 36.1 Å². The molecule has 58 heavy (non-hydrogen) atoms. The van der Waals surface area contributed by atoms with Crippen molar-refractivity contribution in [1.82, 2.24) is 5.32 Å². The van der Waals surface area contributed by atoms with Crippen LogP contribution in [0.2, 0.25) is 0 Å². The molecule has 2 unspecified atom stereocenters. The van der Waals surface area contributed by atoms with Crippen molar-refractivity contribution in [1.29, 1.82) is 0 Å². The minimum atomic E-state index is -1.12. The SMILES string of the molecule is CCC(C(=O)O)[C@H]1CC[C@H](C)C([C@@H](C)[C@H](O)[C@H](C)C(=O)[C@H](CC)[C@H]2O[C@]3(C=C[C@@H](NC4CCCC4)[C@]4(CC[C@@](C)([C@H]5CC[C@](O)(CC)[C@H](C)O5)O4)O3)[C@H](C)C[C@@H]2C)O1. The number of carbonyl (C=O) groups is 2. The largest absolute Gasteiger partial charge is 0.481 e. The first-order valence-electron chi connectivity index (χ1n) is 23.4. The summed E-state index contributed by atoms with van der Waals surface area (Å²) in [5.74, 6) is -4.98. The maximum absolute atomic E-state index is 14.7. The van der Waals surface area contributed by atoms with E-state index in [9.17, 15) is 24.9 Å². The van der Waals surface area contributed by atoms with Crippen molar-refractivity contribution >= 4 is 11.8 Å². The normalized spacial score (nSPS) is 44.9. The van der Waals surface area contributed by atoms with Gasteiger partial charge in [0.2, 0.25) is 0 Å². The summed E-state index contributed by atoms with van der Waals surface area (Å²) in [5.41, 5.74) is -1.48. The summed E-state index contributed by atoms with van der Waals surface area (Å²) in [6.07, 6.45) is 12.9. The van der Waals surface area contributed by atoms with Crippen molar-refractivity contribution in [2.24, 2.45) is 41.4 Å². The molecule has 4 N–H and O–H groups in total. The maximum Gasteiger partial charge on any atom is 0.309 e. The summed E-state index contributed by atoms with van der Waals surface area (Å²) in [6, 6.07) is 0.177. The molecule has 0 bridgehead atoms. The first-order valence-corrected chi connectivity index (χ1v) is 23.4. The van der Waals surface area contributed by atoms with Gasteiger partial charge >= 0.3 is 5.97 Å². The van der Waals surface area contributed by atoms with Crippen LogP contribution >= 0.6 is 0 Å². The Balaban J connectivity index is 1.22. The molecule has 0 aromatic carbocycles. The van der Waals surface area contributed by atoms with Gasteiger partial charge in [-0.1, -0.05) is 74.3 Å². The Kier molecular flexibility index (Phi) is 14.4. The molecule has 4 saturated heterocycles. The van der Waals surface area contributed by atoms with Gasteiger partial charge in [-0.2, -0.15) is 0 Å². The maximum atomic E-state index is 14.7. The molecule has 6 aliphatic rings. The highest BCUT2D eigenvalue weighted by Crippen LogP contribution is 2.54. The van der Waals surface area contributed by atoms with Crippen molar-refractivity contribution in [2.75, 3.05) is 0 Å². The molecule has 5 fully saturated rings. The Morgan fingerprint density at radius 1 is 0.862 bits per heavy atom. The topological polar surface area (TPSA) is 153 Å². The molecule has 1 saturated carbocycles. The number of ether oxygens (including phenoxy) is 5. The number of carboxylic acid groups (broad SMARTS) is 1. The fraction of sp³-hybridized carbons (Fsp3) is 0.915. The molecule has 0 amide bonds. The molecule has 0 aromatic heterocycles. The van der Waals surface area contributed by atoms with E-state index < -0.39 is 64.8 Å². The highest BCUT2D eigenvalue weighted by Gasteiger charge is 2.63. The zero-order valence-corrected chi connectivity index (χ0v) is 37.4. The zero-order chi connectivity index (χ0) is 42.4. The minimum absolute atomic E-state index is 0.0217. The third-order valence-corrected chi connectivity index (χ3v) is 16.2. The predicted octanol–water partition coefficient (Wildman–Crippen LogP) is 7.73. The third kappa shape index (κ3) is 8.77. The van der Waals surface area contributed by atoms with Crippen molar-refractivity contribution in [3.05, 3.63) is 12.2 Å². The second kappa shape index (κ2) is 18.1. The lowest BCUT2D eigenvalue weighted by Gasteiger charge is -2.55. The van der Waals surface area contributed by atoms with Gasteiger partial charge in [-0.05, 0) is 102 Å². The molecule has 11 heteroatoms. The van der Waals surface area contributed by atoms with Gasteiger partial charge < -0.3 is 44.3 Å². The van der Waals surface area contributed by atoms with Crippen molar-refractivity contribution in [2.45, 2.75) is 231 Å². The fourth-order valence-electron chi connectivity index (χ4n) is 12.0. The molecule has 5 heterocycles. The number of carboxylic acids is 1. The van der Waals surface area contributed by atoms with E-state index in [1.165, 1.54) is 12.8 Å². The summed E-state index contributed by atoms with van der Waals surface area (Å²) in [4.78, 5) is 26.7. The van der Waals surface area contributed by atoms with Gasteiger partial charge in [0.25, 0.3) is 0 Å². The van der Waals surface area contributed by atoms with Crippen LogP contribution in [-0.4, -0.2) is 98.6 Å². The van der Waals surface area contributed by atoms with Crippen LogP contribution in [0.5, 0.6) is 0 Å². The van der Waals surface area contributed by atoms with Crippen LogP contribution in [0.15, 0.2) is 12.2 Å². The van der Waals surface area contributed by atoms with Crippen molar-refractivity contribution in [3.63, 3.8) is 0 Å². The van der Waals surface area contributed by atoms with Crippen LogP contribution in [0.4, 0.5) is 0 Å². The summed E-state index contributed by atoms with van der Waals surface area (Å²) in [5, 5.41) is 36.8. The van der Waals surface area contributed by atoms with Crippen LogP contribution in [0.3, 0.4) is 0 Å². The van der Waals surface area contributed by atoms with E-state index >= 15 is 0 Å². The van der Waals surface area contributed by atoms with Gasteiger partial charge in [0.1, 0.15) is 5.78 Å². The highest BCUT2D eigenvalue weighted by molar-refractivity contribution is 5.84. The number of rotatable bonds is 14. The van der Waals surface area contributed by atoms with Crippen molar-refractivity contribution < 1.29 is 48.6 Å². The summed E-state index contributed by atoms with van der Waals surface area (Å²) < 4.78 is 35.0. The molecule has 18 atom stereocenters. The molecule has 1 aliphatic carbocycles. The van der Waals surface area contributed by atoms with E-state index in [1.807, 2.05) is 41.5 Å². The molecule has 332 valence electrons. The molecule has 6 rings (SSSR count). The van der Waals surface area contributed by atoms with Gasteiger partial charge in [-0.3, -0.25) is 9.59 Å². The predicted molar refractivity (Wildman–Crippen MR) is 222 cm³/mol. The first kappa shape index (κ1) is 46.1. The van der Waals surface area contributed by atoms with Gasteiger partial charge in [0.15, 0.2) is 11.6 Å². The Hall–Kier alpha value is -1.44. The molecule has 2 spiro atoms. The number of aliphatic hydroxyl groups is 2. The monoisotopic (exact) mass is 818 g/mol. The van der Waals surface area contributed by atoms with E-state index in [-0.39, 0.29) is 53.8 Å². The Morgan fingerprint density at radius 2 is 1.55 bits per heavy atom. The zero-order valence-electron chi connectivity index (χ0n) is 37.4. The van der Waals surface area contributed by atoms with E-state index in [0.717, 1.165) is 32.1 Å². The van der Waals surface area contributed by atoms with E-state index in [2.05, 4.69) is 45.2 Å². The van der Waals surface area contributed by atoms with Crippen molar-refractivity contribution in [3.8, 4) is 0 Å². The van der Waals surface area contributed by atoms with Gasteiger partial charge in [-0.15, -0.1) is 0 Å². The lowest BCUT2D eigenvalue weighted by atomic mass is 9.72. The number of aliphatic carboxylic acids is 1. The average molecular weight is 818 g/mol. The van der Waals surface area contributed by atoms with Crippen LogP contribution in [-0.2, 0) is 33.3 Å². The quantitative estimate of drug-likeness (QED) is 0.128. The minimum Gasteiger partial charge on any atom is -0.481 e. The summed E-state index contributed by atoms with van der Waals surface area (Å²) >= 11 is 0. The number of carbonyl (C=O) groups excluding carboxylic acids is 1. The van der Waals surface area contributed by atoms with Crippen LogP contribution in [0, 0.1) is 41.4 Å². The summed E-state index contributed by atoms with van der Waals surface area (Å²) in [6.45, 7) is 20.2. The number of nitrogens with one attached hydrogen (secondary N) is 1. The molecule has 11 nitrogen and oxygen atoms in total. The standard InChI is InChI=1S/C47H79NO10/c1-11-34(43(51)52)36-19-18-27(4)41(55-36)31(8)39(49)30(7)40(50)35(12-2)42-28(5)26-29(6)46(56-42)23-20-37(48-33-16-14-15-17-33)47(58-46)25-24-44(10,57-47)38-21-22-45(53,13-3)32(9)54-38/h20,23,27-39,41-42,48-49,53H,11-19,21-22,24-26H2,1-10H3,(H,51,52)/t27-,28-,29+,30-,31-,32-,34?,35-,36+,37+,38+,39+,41?,42-,44-,45+,46-,47-/m0/s1. The van der Waals surface area contributed by atoms with Gasteiger partial charge in [0.05, 0.1) is 59.8 Å². The molecular formula is C47H79NO10. The fourth-order valence-corrected chi connectivity index (χ4v) is 12.0. The number of ketones is 1. The highest BCUT2D eigenvalue weighted by atomic mass is 16.8. The average Bonchev–Trinajstić information content (AvgIpc) is 3.84. The molecular weight excluding hydrogens is 739 g/mol. The summed E-state index contributed by atoms with van der Waals surface area (Å²) in [7, 11) is 0. The van der Waals surface area contributed by atoms with Crippen LogP contribution < -0.4 is 5.32 Å². The smallest absolute Gasteiger partial charge is 0.309 e. The number of hydrogen-bond acceptors (Lipinski definition) is 10. The number of Topliss-reactive ketones (excluding diaryl/α,β-unsaturated/α-hetero) is 1. The van der Waals surface area contributed by atoms with E-state index in [4.69, 9.17) is 23.7 Å². The number of aliphatic hydroxyl groups excluding tert-OH is 1. The molecule has 5 aliphatic heterocycles. The first-order chi connectivity index (χ1) is 27.4. The lowest BCUT2D eigenvalue weighted by Crippen LogP contribution is -2.66. The number of hydrogen-bond donors (Lipinski definition) is 4. The van der Waals surface area contributed by atoms with Crippen LogP contribution in [0.1, 0.15) is 159 Å². The Bertz CT molecular complexity index is 1450. The van der Waals surface area contributed by atoms with Gasteiger partial charge in [-0.25, -0.2) is 0 Å². The van der Waals surface area contributed by atoms with Crippen LogP contribution in [0.25, 0.3) is 0 Å². The van der Waals surface area contributed by atoms with E-state index in [0.29, 0.717) is 51.0 Å². The van der Waals surface area contributed by atoms with E-state index in [1.54, 1.807) is 0 Å². The lowest BCUT2D eigenvalue weighted by molar-refractivity contribution is -0.398. The Morgan fingerprint density at radius 3 is 2.17 bits per heavy atom. The molecule has 0 aromatic rings. The Labute approximate surface area is 349 Å².